The number of anilines is 3. The Morgan fingerprint density at radius 1 is 0.889 bits per heavy atom. The number of fused-ring (bicyclic) bond motifs is 1. The predicted molar refractivity (Wildman–Crippen MR) is 177 cm³/mol. The average Bonchev–Trinajstić information content (AvgIpc) is 3.47. The zero-order valence-electron chi connectivity index (χ0n) is 25.4. The second-order valence-corrected chi connectivity index (χ2v) is 13.2. The number of amides is 2. The fraction of sp³-hybridized carbons (Fsp3) is 0.324. The van der Waals surface area contributed by atoms with E-state index in [1.54, 1.807) is 36.5 Å². The number of likely N-dealkylation sites (tertiary alicyclic amines) is 1. The summed E-state index contributed by atoms with van der Waals surface area (Å²) in [6.45, 7) is 6.79. The van der Waals surface area contributed by atoms with Crippen LogP contribution in [0.5, 0.6) is 0 Å². The first kappa shape index (κ1) is 30.4. The number of nitrogens with one attached hydrogen (secondary N) is 2. The summed E-state index contributed by atoms with van der Waals surface area (Å²) in [7, 11) is -4.06. The number of nitrogens with zero attached hydrogens (tertiary/aromatic N) is 4. The second kappa shape index (κ2) is 13.2. The molecule has 3 heterocycles. The molecule has 2 amide bonds. The van der Waals surface area contributed by atoms with E-state index in [0.717, 1.165) is 31.4 Å². The van der Waals surface area contributed by atoms with E-state index in [1.807, 2.05) is 35.2 Å². The van der Waals surface area contributed by atoms with Crippen molar-refractivity contribution in [1.82, 2.24) is 15.2 Å². The number of carbonyl (C=O) groups is 2. The highest BCUT2D eigenvalue weighted by atomic mass is 32.2. The van der Waals surface area contributed by atoms with Crippen LogP contribution in [0.2, 0.25) is 0 Å². The van der Waals surface area contributed by atoms with Gasteiger partial charge in [0.2, 0.25) is 5.91 Å². The van der Waals surface area contributed by atoms with Gasteiger partial charge in [-0.1, -0.05) is 36.4 Å². The van der Waals surface area contributed by atoms with Gasteiger partial charge in [0.15, 0.2) is 0 Å². The van der Waals surface area contributed by atoms with Crippen LogP contribution in [0.15, 0.2) is 83.9 Å². The van der Waals surface area contributed by atoms with Crippen molar-refractivity contribution >= 4 is 49.8 Å². The molecule has 1 aromatic heterocycles. The monoisotopic (exact) mass is 626 g/mol. The first-order valence-electron chi connectivity index (χ1n) is 15.4. The van der Waals surface area contributed by atoms with Crippen molar-refractivity contribution < 1.29 is 18.0 Å². The zero-order valence-corrected chi connectivity index (χ0v) is 26.2. The highest BCUT2D eigenvalue weighted by molar-refractivity contribution is 7.93. The molecule has 0 aliphatic carbocycles. The number of aromatic nitrogens is 1. The fourth-order valence-electron chi connectivity index (χ4n) is 6.15. The van der Waals surface area contributed by atoms with Gasteiger partial charge >= 0.3 is 0 Å². The Hall–Kier alpha value is -4.64. The summed E-state index contributed by atoms with van der Waals surface area (Å²) in [6.07, 6.45) is 3.69. The minimum absolute atomic E-state index is 0.0715. The van der Waals surface area contributed by atoms with Gasteiger partial charge in [0.25, 0.3) is 15.9 Å². The van der Waals surface area contributed by atoms with Crippen molar-refractivity contribution in [1.29, 1.82) is 0 Å². The van der Waals surface area contributed by atoms with E-state index in [-0.39, 0.29) is 16.7 Å². The lowest BCUT2D eigenvalue weighted by Crippen LogP contribution is -2.47. The van der Waals surface area contributed by atoms with Crippen LogP contribution in [0, 0.1) is 6.92 Å². The quantitative estimate of drug-likeness (QED) is 0.251. The molecule has 0 atom stereocenters. The number of hydrogen-bond acceptors (Lipinski definition) is 7. The van der Waals surface area contributed by atoms with Gasteiger partial charge in [-0.25, -0.2) is 8.42 Å². The molecule has 2 N–H and O–H groups in total. The predicted octanol–water partition coefficient (Wildman–Crippen LogP) is 4.41. The Balaban J connectivity index is 1.24. The van der Waals surface area contributed by atoms with Crippen LogP contribution in [0.25, 0.3) is 10.9 Å². The molecule has 2 aliphatic heterocycles. The summed E-state index contributed by atoms with van der Waals surface area (Å²) < 4.78 is 30.5. The highest BCUT2D eigenvalue weighted by Crippen LogP contribution is 2.33. The maximum atomic E-state index is 13.9. The van der Waals surface area contributed by atoms with Crippen LogP contribution in [-0.2, 0) is 14.8 Å². The van der Waals surface area contributed by atoms with E-state index in [9.17, 15) is 18.0 Å². The third-order valence-corrected chi connectivity index (χ3v) is 9.92. The summed E-state index contributed by atoms with van der Waals surface area (Å²) in [5.74, 6) is -0.138. The molecule has 3 aromatic carbocycles. The van der Waals surface area contributed by atoms with Crippen molar-refractivity contribution in [2.75, 3.05) is 60.3 Å². The maximum Gasteiger partial charge on any atom is 0.264 e. The van der Waals surface area contributed by atoms with Gasteiger partial charge in [-0.05, 0) is 61.7 Å². The van der Waals surface area contributed by atoms with Crippen LogP contribution in [-0.4, -0.2) is 75.9 Å². The molecule has 0 radical (unpaired) electrons. The lowest BCUT2D eigenvalue weighted by molar-refractivity contribution is -0.127. The van der Waals surface area contributed by atoms with Gasteiger partial charge in [0, 0.05) is 75.1 Å². The summed E-state index contributed by atoms with van der Waals surface area (Å²) in [6, 6.07) is 22.1. The second-order valence-electron chi connectivity index (χ2n) is 11.5. The Morgan fingerprint density at radius 3 is 2.40 bits per heavy atom. The van der Waals surface area contributed by atoms with Crippen LogP contribution in [0.1, 0.15) is 35.2 Å². The minimum atomic E-state index is -4.06. The third kappa shape index (κ3) is 6.73. The lowest BCUT2D eigenvalue weighted by Gasteiger charge is -2.38. The molecule has 0 saturated carbocycles. The van der Waals surface area contributed by atoms with Crippen molar-refractivity contribution in [2.24, 2.45) is 0 Å². The molecule has 10 nitrogen and oxygen atoms in total. The molecule has 11 heteroatoms. The maximum absolute atomic E-state index is 13.9. The van der Waals surface area contributed by atoms with Gasteiger partial charge < -0.3 is 20.0 Å². The summed E-state index contributed by atoms with van der Waals surface area (Å²) >= 11 is 0. The molecule has 2 fully saturated rings. The normalized spacial score (nSPS) is 15.5. The largest absolute Gasteiger partial charge is 0.368 e. The van der Waals surface area contributed by atoms with E-state index >= 15 is 0 Å². The highest BCUT2D eigenvalue weighted by Gasteiger charge is 2.25. The number of aryl methyl sites for hydroxylation is 1. The molecule has 6 rings (SSSR count). The number of para-hydroxylation sites is 2. The lowest BCUT2D eigenvalue weighted by atomic mass is 10.1. The van der Waals surface area contributed by atoms with Gasteiger partial charge in [0.1, 0.15) is 4.90 Å². The van der Waals surface area contributed by atoms with Crippen molar-refractivity contribution in [3.8, 4) is 0 Å². The number of benzene rings is 3. The minimum Gasteiger partial charge on any atom is -0.368 e. The Bertz CT molecular complexity index is 1820. The van der Waals surface area contributed by atoms with Crippen molar-refractivity contribution in [3.05, 3.63) is 90.1 Å². The fourth-order valence-corrected chi connectivity index (χ4v) is 7.39. The van der Waals surface area contributed by atoms with Gasteiger partial charge in [-0.2, -0.15) is 0 Å². The molecule has 2 aliphatic rings. The molecular formula is C34H38N6O4S. The van der Waals surface area contributed by atoms with Crippen LogP contribution in [0.3, 0.4) is 0 Å². The van der Waals surface area contributed by atoms with Gasteiger partial charge in [-0.3, -0.25) is 19.3 Å². The Kier molecular flexibility index (Phi) is 8.88. The van der Waals surface area contributed by atoms with Crippen LogP contribution in [0.4, 0.5) is 17.1 Å². The number of sulfonamides is 1. The summed E-state index contributed by atoms with van der Waals surface area (Å²) in [5, 5.41) is 3.65. The third-order valence-electron chi connectivity index (χ3n) is 8.53. The SMILES string of the molecule is Cc1ccccc1N1CCN(c2ccc(C(=O)NCCCN3CCCC3=O)cc2NS(=O)(=O)c2cccc3cccnc23)CC1. The van der Waals surface area contributed by atoms with Gasteiger partial charge in [-0.15, -0.1) is 0 Å². The van der Waals surface area contributed by atoms with Crippen molar-refractivity contribution in [2.45, 2.75) is 31.1 Å². The summed E-state index contributed by atoms with van der Waals surface area (Å²) in [4.78, 5) is 35.8. The summed E-state index contributed by atoms with van der Waals surface area (Å²) in [5.41, 5.74) is 4.19. The van der Waals surface area contributed by atoms with E-state index in [0.29, 0.717) is 61.5 Å². The first-order valence-corrected chi connectivity index (χ1v) is 16.9. The number of rotatable bonds is 10. The van der Waals surface area contributed by atoms with Crippen molar-refractivity contribution in [3.63, 3.8) is 0 Å². The smallest absolute Gasteiger partial charge is 0.264 e. The van der Waals surface area contributed by atoms with Gasteiger partial charge in [0.05, 0.1) is 16.9 Å². The van der Waals surface area contributed by atoms with E-state index in [2.05, 4.69) is 43.9 Å². The Morgan fingerprint density at radius 2 is 1.64 bits per heavy atom. The molecular weight excluding hydrogens is 588 g/mol. The molecule has 45 heavy (non-hydrogen) atoms. The van der Waals surface area contributed by atoms with E-state index < -0.39 is 10.0 Å². The molecule has 0 unspecified atom stereocenters. The standard InChI is InChI=1S/C34H38N6O4S/c1-25-8-2-3-11-29(25)38-20-22-39(23-21-38)30-15-14-27(34(42)36-17-7-19-40-18-6-13-32(40)41)24-28(30)37-45(43,44)31-12-4-9-26-10-5-16-35-33(26)31/h2-5,8-12,14-16,24,37H,6-7,13,17-23H2,1H3,(H,36,42). The number of hydrogen-bond donors (Lipinski definition) is 2. The Labute approximate surface area is 264 Å². The number of carbonyl (C=O) groups excluding carboxylic acids is 2. The molecule has 2 saturated heterocycles. The molecule has 0 spiro atoms. The number of pyridine rings is 1. The topological polar surface area (TPSA) is 115 Å². The molecule has 0 bridgehead atoms. The molecule has 4 aromatic rings. The van der Waals surface area contributed by atoms with Crippen LogP contribution >= 0.6 is 0 Å². The zero-order chi connectivity index (χ0) is 31.4. The van der Waals surface area contributed by atoms with E-state index in [4.69, 9.17) is 0 Å². The van der Waals surface area contributed by atoms with Crippen LogP contribution < -0.4 is 19.8 Å². The average molecular weight is 627 g/mol. The molecule has 234 valence electrons. The first-order chi connectivity index (χ1) is 21.8. The number of piperazine rings is 1. The van der Waals surface area contributed by atoms with E-state index in [1.165, 1.54) is 11.3 Å².